The number of alkyl halides is 3. The fourth-order valence-electron chi connectivity index (χ4n) is 0.789. The molecule has 15 heavy (non-hydrogen) atoms. The predicted molar refractivity (Wildman–Crippen MR) is 42.4 cm³/mol. The summed E-state index contributed by atoms with van der Waals surface area (Å²) in [6.07, 6.45) is -0.166. The average Bonchev–Trinajstić information content (AvgIpc) is 2.50. The van der Waals surface area contributed by atoms with Crippen molar-refractivity contribution >= 4 is 5.97 Å². The van der Waals surface area contributed by atoms with Crippen molar-refractivity contribution in [1.82, 2.24) is 4.98 Å². The van der Waals surface area contributed by atoms with E-state index in [-0.39, 0.29) is 0 Å². The number of carbonyl (C=O) groups excluding carboxylic acids is 1. The van der Waals surface area contributed by atoms with Gasteiger partial charge in [0.25, 0.3) is 5.82 Å². The molecule has 0 atom stereocenters. The van der Waals surface area contributed by atoms with Gasteiger partial charge in [-0.1, -0.05) is 6.92 Å². The summed E-state index contributed by atoms with van der Waals surface area (Å²) in [5.74, 6) is -1.74. The summed E-state index contributed by atoms with van der Waals surface area (Å²) in [6.45, 7) is 2.13. The van der Waals surface area contributed by atoms with Gasteiger partial charge in [0.15, 0.2) is 0 Å². The molecule has 0 bridgehead atoms. The van der Waals surface area contributed by atoms with Gasteiger partial charge < -0.3 is 9.90 Å². The monoisotopic (exact) mass is 224 g/mol. The first kappa shape index (κ1) is 13.5. The molecule has 0 aliphatic heterocycles. The van der Waals surface area contributed by atoms with Gasteiger partial charge in [-0.25, -0.2) is 9.55 Å². The van der Waals surface area contributed by atoms with E-state index in [1.807, 2.05) is 19.4 Å². The van der Waals surface area contributed by atoms with Gasteiger partial charge in [-0.15, -0.1) is 0 Å². The SMILES string of the molecule is CCc1[nH]cc[n+]1C.O=C([O-])C(F)(F)F. The smallest absolute Gasteiger partial charge is 0.430 e. The van der Waals surface area contributed by atoms with E-state index in [4.69, 9.17) is 9.90 Å². The highest BCUT2D eigenvalue weighted by Gasteiger charge is 2.28. The number of nitrogens with zero attached hydrogens (tertiary/aromatic N) is 1. The first-order chi connectivity index (χ1) is 6.79. The third-order valence-electron chi connectivity index (χ3n) is 1.54. The standard InChI is InChI=1S/C6H10N2.C2HF3O2/c1-3-6-7-4-5-8(6)2;3-2(4,5)1(6)7/h4-5H,3H2,1-2H3;(H,6,7). The summed E-state index contributed by atoms with van der Waals surface area (Å²) >= 11 is 0. The van der Waals surface area contributed by atoms with Crippen LogP contribution in [0.1, 0.15) is 12.7 Å². The molecule has 1 aromatic heterocycles. The first-order valence-corrected chi connectivity index (χ1v) is 4.09. The number of halogens is 3. The summed E-state index contributed by atoms with van der Waals surface area (Å²) in [7, 11) is 2.04. The number of hydrogen-bond acceptors (Lipinski definition) is 2. The van der Waals surface area contributed by atoms with Crippen LogP contribution in [0, 0.1) is 0 Å². The molecule has 0 amide bonds. The number of carboxylic acids is 1. The van der Waals surface area contributed by atoms with Crippen molar-refractivity contribution < 1.29 is 27.6 Å². The number of imidazole rings is 1. The molecular weight excluding hydrogens is 213 g/mol. The average molecular weight is 224 g/mol. The minimum Gasteiger partial charge on any atom is -0.542 e. The van der Waals surface area contributed by atoms with Crippen LogP contribution in [0.5, 0.6) is 0 Å². The zero-order chi connectivity index (χ0) is 12.1. The van der Waals surface area contributed by atoms with E-state index < -0.39 is 12.1 Å². The van der Waals surface area contributed by atoms with Gasteiger partial charge in [0, 0.05) is 6.42 Å². The molecule has 0 aliphatic carbocycles. The number of aromatic nitrogens is 2. The Bertz CT molecular complexity index is 320. The second-order valence-corrected chi connectivity index (χ2v) is 2.66. The van der Waals surface area contributed by atoms with E-state index in [0.717, 1.165) is 6.42 Å². The quantitative estimate of drug-likeness (QED) is 0.666. The molecule has 0 saturated heterocycles. The lowest BCUT2D eigenvalue weighted by molar-refractivity contribution is -0.677. The third kappa shape index (κ3) is 5.04. The minimum atomic E-state index is -5.19. The van der Waals surface area contributed by atoms with Gasteiger partial charge >= 0.3 is 6.18 Å². The highest BCUT2D eigenvalue weighted by molar-refractivity contribution is 5.70. The van der Waals surface area contributed by atoms with Gasteiger partial charge in [-0.2, -0.15) is 13.2 Å². The summed E-state index contributed by atoms with van der Waals surface area (Å²) < 4.78 is 33.6. The molecule has 0 fully saturated rings. The lowest BCUT2D eigenvalue weighted by atomic mass is 10.5. The number of carbonyl (C=O) groups is 1. The number of hydrogen-bond donors (Lipinski definition) is 1. The second kappa shape index (κ2) is 5.38. The Labute approximate surface area is 84.4 Å². The van der Waals surface area contributed by atoms with Crippen LogP contribution < -0.4 is 9.67 Å². The molecule has 1 N–H and O–H groups in total. The zero-order valence-corrected chi connectivity index (χ0v) is 8.26. The van der Waals surface area contributed by atoms with Crippen molar-refractivity contribution in [2.75, 3.05) is 0 Å². The molecule has 0 aliphatic rings. The van der Waals surface area contributed by atoms with Crippen molar-refractivity contribution in [3.05, 3.63) is 18.2 Å². The van der Waals surface area contributed by atoms with Crippen LogP contribution in [0.15, 0.2) is 12.4 Å². The summed E-state index contributed by atoms with van der Waals surface area (Å²) in [6, 6.07) is 0. The molecule has 4 nitrogen and oxygen atoms in total. The van der Waals surface area contributed by atoms with Crippen molar-refractivity contribution in [1.29, 1.82) is 0 Å². The van der Waals surface area contributed by atoms with Crippen LogP contribution in [0.3, 0.4) is 0 Å². The number of carboxylic acid groups (broad SMARTS) is 1. The van der Waals surface area contributed by atoms with Crippen molar-refractivity contribution in [2.24, 2.45) is 7.05 Å². The van der Waals surface area contributed by atoms with Crippen LogP contribution in [0.4, 0.5) is 13.2 Å². The Morgan fingerprint density at radius 3 is 2.20 bits per heavy atom. The fourth-order valence-corrected chi connectivity index (χ4v) is 0.789. The van der Waals surface area contributed by atoms with Gasteiger partial charge in [0.1, 0.15) is 18.4 Å². The normalized spacial score (nSPS) is 10.5. The molecular formula is C8H11F3N2O2. The van der Waals surface area contributed by atoms with E-state index >= 15 is 0 Å². The van der Waals surface area contributed by atoms with E-state index in [2.05, 4.69) is 16.5 Å². The molecule has 0 radical (unpaired) electrons. The predicted octanol–water partition coefficient (Wildman–Crippen LogP) is -0.300. The maximum Gasteiger partial charge on any atom is 0.430 e. The van der Waals surface area contributed by atoms with Crippen molar-refractivity contribution in [3.63, 3.8) is 0 Å². The number of aromatic amines is 1. The van der Waals surface area contributed by atoms with Gasteiger partial charge in [-0.05, 0) is 0 Å². The molecule has 1 aromatic rings. The van der Waals surface area contributed by atoms with E-state index in [1.165, 1.54) is 5.82 Å². The lowest BCUT2D eigenvalue weighted by Gasteiger charge is -2.03. The van der Waals surface area contributed by atoms with Crippen molar-refractivity contribution in [2.45, 2.75) is 19.5 Å². The van der Waals surface area contributed by atoms with Crippen LogP contribution in [-0.2, 0) is 18.3 Å². The number of H-pyrrole nitrogens is 1. The third-order valence-corrected chi connectivity index (χ3v) is 1.54. The zero-order valence-electron chi connectivity index (χ0n) is 8.26. The Kier molecular flexibility index (Phi) is 4.83. The summed E-state index contributed by atoms with van der Waals surface area (Å²) in [5.41, 5.74) is 0. The molecule has 0 aromatic carbocycles. The second-order valence-electron chi connectivity index (χ2n) is 2.66. The number of nitrogens with one attached hydrogen (secondary N) is 1. The van der Waals surface area contributed by atoms with Gasteiger partial charge in [0.2, 0.25) is 0 Å². The molecule has 0 unspecified atom stereocenters. The lowest BCUT2D eigenvalue weighted by Crippen LogP contribution is -2.37. The van der Waals surface area contributed by atoms with Gasteiger partial charge in [-0.3, -0.25) is 0 Å². The molecule has 7 heteroatoms. The Morgan fingerprint density at radius 2 is 2.07 bits per heavy atom. The number of aliphatic carboxylic acids is 1. The van der Waals surface area contributed by atoms with E-state index in [9.17, 15) is 13.2 Å². The van der Waals surface area contributed by atoms with Crippen LogP contribution in [-0.4, -0.2) is 17.1 Å². The summed E-state index contributed by atoms with van der Waals surface area (Å²) in [5, 5.41) is 8.78. The van der Waals surface area contributed by atoms with Crippen LogP contribution in [0.25, 0.3) is 0 Å². The maximum atomic E-state index is 10.5. The Balaban J connectivity index is 0.000000265. The fraction of sp³-hybridized carbons (Fsp3) is 0.500. The molecule has 0 saturated carbocycles. The maximum absolute atomic E-state index is 10.5. The first-order valence-electron chi connectivity index (χ1n) is 4.09. The molecule has 1 rings (SSSR count). The van der Waals surface area contributed by atoms with Crippen LogP contribution in [0.2, 0.25) is 0 Å². The highest BCUT2D eigenvalue weighted by Crippen LogP contribution is 2.11. The van der Waals surface area contributed by atoms with Crippen LogP contribution >= 0.6 is 0 Å². The minimum absolute atomic E-state index is 1.07. The summed E-state index contributed by atoms with van der Waals surface area (Å²) in [4.78, 5) is 11.9. The van der Waals surface area contributed by atoms with E-state index in [1.54, 1.807) is 0 Å². The number of aryl methyl sites for hydroxylation is 2. The number of rotatable bonds is 1. The Hall–Kier alpha value is -1.53. The molecule has 1 heterocycles. The van der Waals surface area contributed by atoms with Crippen molar-refractivity contribution in [3.8, 4) is 0 Å². The largest absolute Gasteiger partial charge is 0.542 e. The topological polar surface area (TPSA) is 59.8 Å². The van der Waals surface area contributed by atoms with Gasteiger partial charge in [0.05, 0.1) is 7.05 Å². The van der Waals surface area contributed by atoms with E-state index in [0.29, 0.717) is 0 Å². The Morgan fingerprint density at radius 1 is 1.60 bits per heavy atom. The molecule has 0 spiro atoms. The molecule has 86 valence electrons. The highest BCUT2D eigenvalue weighted by atomic mass is 19.4.